The van der Waals surface area contributed by atoms with Gasteiger partial charge >= 0.3 is 0 Å². The van der Waals surface area contributed by atoms with E-state index in [0.717, 1.165) is 19.4 Å². The summed E-state index contributed by atoms with van der Waals surface area (Å²) in [5.74, 6) is 0.463. The van der Waals surface area contributed by atoms with Gasteiger partial charge in [0.2, 0.25) is 0 Å². The molecule has 0 saturated heterocycles. The molecule has 1 heterocycles. The van der Waals surface area contributed by atoms with Crippen molar-refractivity contribution in [1.29, 1.82) is 0 Å². The maximum atomic E-state index is 11.5. The maximum Gasteiger partial charge on any atom is 0.271 e. The third-order valence-corrected chi connectivity index (χ3v) is 3.52. The highest BCUT2D eigenvalue weighted by molar-refractivity contribution is 5.92. The number of nitrogens with one attached hydrogen (secondary N) is 2. The Morgan fingerprint density at radius 3 is 2.68 bits per heavy atom. The first-order valence-corrected chi connectivity index (χ1v) is 6.60. The molecular formula is C13H20N4O2. The molecule has 0 radical (unpaired) electrons. The van der Waals surface area contributed by atoms with Crippen LogP contribution in [0.5, 0.6) is 0 Å². The Labute approximate surface area is 112 Å². The summed E-state index contributed by atoms with van der Waals surface area (Å²) in [5, 5.41) is 13.8. The zero-order chi connectivity index (χ0) is 13.7. The van der Waals surface area contributed by atoms with Crippen molar-refractivity contribution in [2.75, 3.05) is 25.5 Å². The first kappa shape index (κ1) is 13.7. The molecule has 1 aliphatic rings. The van der Waals surface area contributed by atoms with Gasteiger partial charge in [0, 0.05) is 20.2 Å². The van der Waals surface area contributed by atoms with Crippen molar-refractivity contribution < 1.29 is 9.53 Å². The van der Waals surface area contributed by atoms with Crippen LogP contribution in [0.4, 0.5) is 5.82 Å². The van der Waals surface area contributed by atoms with Gasteiger partial charge in [-0.15, -0.1) is 10.2 Å². The number of methoxy groups -OCH3 is 1. The van der Waals surface area contributed by atoms with E-state index in [9.17, 15) is 4.79 Å². The molecule has 2 rings (SSSR count). The van der Waals surface area contributed by atoms with Gasteiger partial charge in [-0.05, 0) is 38.3 Å². The molecular weight excluding hydrogens is 244 g/mol. The van der Waals surface area contributed by atoms with Crippen LogP contribution in [-0.4, -0.2) is 41.9 Å². The molecule has 1 aromatic rings. The molecule has 0 unspecified atom stereocenters. The van der Waals surface area contributed by atoms with Crippen LogP contribution in [0.15, 0.2) is 12.1 Å². The van der Waals surface area contributed by atoms with Crippen molar-refractivity contribution in [1.82, 2.24) is 15.5 Å². The van der Waals surface area contributed by atoms with Crippen LogP contribution < -0.4 is 10.6 Å². The fourth-order valence-corrected chi connectivity index (χ4v) is 2.07. The molecule has 0 atom stereocenters. The van der Waals surface area contributed by atoms with Crippen molar-refractivity contribution in [3.8, 4) is 0 Å². The molecule has 2 N–H and O–H groups in total. The Morgan fingerprint density at radius 2 is 2.21 bits per heavy atom. The number of rotatable bonds is 6. The van der Waals surface area contributed by atoms with Crippen molar-refractivity contribution >= 4 is 11.7 Å². The smallest absolute Gasteiger partial charge is 0.271 e. The van der Waals surface area contributed by atoms with Gasteiger partial charge in [0.05, 0.1) is 5.60 Å². The number of carbonyl (C=O) groups is 1. The van der Waals surface area contributed by atoms with Gasteiger partial charge in [-0.2, -0.15) is 0 Å². The van der Waals surface area contributed by atoms with E-state index in [0.29, 0.717) is 18.1 Å². The maximum absolute atomic E-state index is 11.5. The van der Waals surface area contributed by atoms with Crippen molar-refractivity contribution in [2.24, 2.45) is 0 Å². The summed E-state index contributed by atoms with van der Waals surface area (Å²) in [5.41, 5.74) is 0.275. The Bertz CT molecular complexity index is 423. The summed E-state index contributed by atoms with van der Waals surface area (Å²) in [4.78, 5) is 11.5. The predicted octanol–water partition coefficient (Wildman–Crippen LogP) is 1.21. The molecule has 1 aromatic heterocycles. The average Bonchev–Trinajstić information content (AvgIpc) is 2.39. The van der Waals surface area contributed by atoms with Crippen LogP contribution >= 0.6 is 0 Å². The van der Waals surface area contributed by atoms with Crippen LogP contribution in [-0.2, 0) is 4.74 Å². The molecule has 6 nitrogen and oxygen atoms in total. The lowest BCUT2D eigenvalue weighted by atomic mass is 9.80. The van der Waals surface area contributed by atoms with Crippen molar-refractivity contribution in [3.63, 3.8) is 0 Å². The molecule has 104 valence electrons. The van der Waals surface area contributed by atoms with E-state index in [1.54, 1.807) is 19.2 Å². The second kappa shape index (κ2) is 5.97. The normalized spacial score (nSPS) is 16.5. The molecule has 6 heteroatoms. The predicted molar refractivity (Wildman–Crippen MR) is 72.1 cm³/mol. The summed E-state index contributed by atoms with van der Waals surface area (Å²) in [6.45, 7) is 3.17. The minimum atomic E-state index is -0.200. The minimum Gasteiger partial charge on any atom is -0.376 e. The zero-order valence-corrected chi connectivity index (χ0v) is 11.4. The standard InChI is InChI=1S/C13H20N4O2/c1-3-14-12(18)10-5-6-11(17-16-10)15-9-13(19-2)7-4-8-13/h5-6H,3-4,7-9H2,1-2H3,(H,14,18)(H,15,17). The molecule has 0 bridgehead atoms. The monoisotopic (exact) mass is 264 g/mol. The number of hydrogen-bond donors (Lipinski definition) is 2. The van der Waals surface area contributed by atoms with E-state index in [-0.39, 0.29) is 11.5 Å². The van der Waals surface area contributed by atoms with Crippen LogP contribution in [0.2, 0.25) is 0 Å². The van der Waals surface area contributed by atoms with E-state index >= 15 is 0 Å². The number of hydrogen-bond acceptors (Lipinski definition) is 5. The molecule has 0 spiro atoms. The third-order valence-electron chi connectivity index (χ3n) is 3.52. The van der Waals surface area contributed by atoms with Crippen molar-refractivity contribution in [3.05, 3.63) is 17.8 Å². The number of anilines is 1. The van der Waals surface area contributed by atoms with Gasteiger partial charge in [-0.25, -0.2) is 0 Å². The molecule has 1 saturated carbocycles. The lowest BCUT2D eigenvalue weighted by molar-refractivity contribution is -0.0601. The number of aromatic nitrogens is 2. The fraction of sp³-hybridized carbons (Fsp3) is 0.615. The van der Waals surface area contributed by atoms with Gasteiger partial charge in [-0.1, -0.05) is 0 Å². The molecule has 19 heavy (non-hydrogen) atoms. The number of ether oxygens (including phenoxy) is 1. The van der Waals surface area contributed by atoms with Crippen LogP contribution in [0.25, 0.3) is 0 Å². The number of amides is 1. The second-order valence-electron chi connectivity index (χ2n) is 4.76. The number of carbonyl (C=O) groups excluding carboxylic acids is 1. The van der Waals surface area contributed by atoms with Gasteiger partial charge < -0.3 is 15.4 Å². The summed E-state index contributed by atoms with van der Waals surface area (Å²) in [6.07, 6.45) is 3.35. The zero-order valence-electron chi connectivity index (χ0n) is 11.4. The Balaban J connectivity index is 1.90. The minimum absolute atomic E-state index is 0.0556. The summed E-state index contributed by atoms with van der Waals surface area (Å²) >= 11 is 0. The average molecular weight is 264 g/mol. The largest absolute Gasteiger partial charge is 0.376 e. The van der Waals surface area contributed by atoms with Crippen molar-refractivity contribution in [2.45, 2.75) is 31.8 Å². The lowest BCUT2D eigenvalue weighted by Crippen LogP contribution is -2.45. The van der Waals surface area contributed by atoms with Gasteiger partial charge in [0.15, 0.2) is 5.69 Å². The summed E-state index contributed by atoms with van der Waals surface area (Å²) in [6, 6.07) is 3.43. The topological polar surface area (TPSA) is 76.1 Å². The van der Waals surface area contributed by atoms with E-state index in [1.165, 1.54) is 6.42 Å². The van der Waals surface area contributed by atoms with Crippen LogP contribution in [0.1, 0.15) is 36.7 Å². The highest BCUT2D eigenvalue weighted by Gasteiger charge is 2.36. The van der Waals surface area contributed by atoms with E-state index < -0.39 is 0 Å². The molecule has 1 amide bonds. The first-order valence-electron chi connectivity index (χ1n) is 6.60. The first-order chi connectivity index (χ1) is 9.19. The molecule has 1 aliphatic carbocycles. The van der Waals surface area contributed by atoms with Gasteiger partial charge in [-0.3, -0.25) is 4.79 Å². The lowest BCUT2D eigenvalue weighted by Gasteiger charge is -2.40. The SMILES string of the molecule is CCNC(=O)c1ccc(NCC2(OC)CCC2)nn1. The van der Waals surface area contributed by atoms with Gasteiger partial charge in [0.25, 0.3) is 5.91 Å². The Kier molecular flexibility index (Phi) is 4.31. The fourth-order valence-electron chi connectivity index (χ4n) is 2.07. The van der Waals surface area contributed by atoms with Gasteiger partial charge in [0.1, 0.15) is 5.82 Å². The molecule has 0 aromatic carbocycles. The highest BCUT2D eigenvalue weighted by Crippen LogP contribution is 2.34. The van der Waals surface area contributed by atoms with E-state index in [1.807, 2.05) is 6.92 Å². The van der Waals surface area contributed by atoms with E-state index in [2.05, 4.69) is 20.8 Å². The number of nitrogens with zero attached hydrogens (tertiary/aromatic N) is 2. The summed E-state index contributed by atoms with van der Waals surface area (Å²) in [7, 11) is 1.74. The van der Waals surface area contributed by atoms with Crippen LogP contribution in [0, 0.1) is 0 Å². The Hall–Kier alpha value is -1.69. The molecule has 0 aliphatic heterocycles. The third kappa shape index (κ3) is 3.20. The summed E-state index contributed by atoms with van der Waals surface area (Å²) < 4.78 is 5.51. The quantitative estimate of drug-likeness (QED) is 0.807. The molecule has 1 fully saturated rings. The second-order valence-corrected chi connectivity index (χ2v) is 4.76. The highest BCUT2D eigenvalue weighted by atomic mass is 16.5. The Morgan fingerprint density at radius 1 is 1.42 bits per heavy atom. The van der Waals surface area contributed by atoms with Crippen LogP contribution in [0.3, 0.4) is 0 Å². The van der Waals surface area contributed by atoms with E-state index in [4.69, 9.17) is 4.74 Å².